The number of nitrogens with one attached hydrogen (secondary N) is 1. The Morgan fingerprint density at radius 3 is 2.38 bits per heavy atom. The highest BCUT2D eigenvalue weighted by Gasteiger charge is 2.20. The number of quaternary nitrogens is 1. The molecule has 0 heterocycles. The number of hydrogen-bond donors (Lipinski definition) is 2. The van der Waals surface area contributed by atoms with E-state index in [2.05, 4.69) is 42.7 Å². The molecule has 0 aromatic heterocycles. The standard InChI is InChI=1S/C20H23N3O/c1-15(2)20(17-6-4-3-5-7-17)22-14-19(24)23-18-10-8-16(9-11-18)12-13-21/h3-11,15,20,22H,12,14H2,1-2H3,(H,23,24)/p+1/t20-/m0/s1. The number of nitrogens with two attached hydrogens (primary N) is 1. The van der Waals surface area contributed by atoms with Gasteiger partial charge in [0, 0.05) is 17.2 Å². The first-order valence-electron chi connectivity index (χ1n) is 8.24. The van der Waals surface area contributed by atoms with Crippen LogP contribution in [0.15, 0.2) is 54.6 Å². The van der Waals surface area contributed by atoms with Crippen molar-refractivity contribution >= 4 is 11.6 Å². The van der Waals surface area contributed by atoms with Gasteiger partial charge in [0.25, 0.3) is 5.91 Å². The molecule has 0 aliphatic rings. The molecule has 3 N–H and O–H groups in total. The van der Waals surface area contributed by atoms with Crippen LogP contribution in [0, 0.1) is 17.2 Å². The van der Waals surface area contributed by atoms with Crippen molar-refractivity contribution < 1.29 is 10.1 Å². The van der Waals surface area contributed by atoms with Crippen LogP contribution in [0.4, 0.5) is 5.69 Å². The smallest absolute Gasteiger partial charge is 0.279 e. The van der Waals surface area contributed by atoms with Crippen molar-refractivity contribution in [2.24, 2.45) is 5.92 Å². The molecular formula is C20H24N3O+. The summed E-state index contributed by atoms with van der Waals surface area (Å²) in [4.78, 5) is 12.2. The minimum absolute atomic E-state index is 0.0235. The van der Waals surface area contributed by atoms with E-state index < -0.39 is 0 Å². The molecule has 4 nitrogen and oxygen atoms in total. The van der Waals surface area contributed by atoms with Gasteiger partial charge in [-0.2, -0.15) is 5.26 Å². The zero-order chi connectivity index (χ0) is 17.4. The van der Waals surface area contributed by atoms with Crippen LogP contribution in [0.1, 0.15) is 31.0 Å². The lowest BCUT2D eigenvalue weighted by Crippen LogP contribution is -2.88. The van der Waals surface area contributed by atoms with Crippen LogP contribution in [0.25, 0.3) is 0 Å². The van der Waals surface area contributed by atoms with Gasteiger partial charge in [-0.05, 0) is 17.7 Å². The Balaban J connectivity index is 1.90. The maximum atomic E-state index is 12.2. The third-order valence-electron chi connectivity index (χ3n) is 3.98. The van der Waals surface area contributed by atoms with Gasteiger partial charge in [-0.15, -0.1) is 0 Å². The molecule has 124 valence electrons. The largest absolute Gasteiger partial charge is 0.332 e. The van der Waals surface area contributed by atoms with Gasteiger partial charge in [0.2, 0.25) is 0 Å². The molecule has 0 unspecified atom stereocenters. The molecule has 2 rings (SSSR count). The molecule has 0 spiro atoms. The highest BCUT2D eigenvalue weighted by molar-refractivity contribution is 5.91. The molecule has 1 atom stereocenters. The summed E-state index contributed by atoms with van der Waals surface area (Å²) in [5.74, 6) is 0.412. The third-order valence-corrected chi connectivity index (χ3v) is 3.98. The van der Waals surface area contributed by atoms with Gasteiger partial charge >= 0.3 is 0 Å². The number of rotatable bonds is 7. The fourth-order valence-electron chi connectivity index (χ4n) is 2.71. The topological polar surface area (TPSA) is 69.5 Å². The second-order valence-electron chi connectivity index (χ2n) is 6.20. The zero-order valence-electron chi connectivity index (χ0n) is 14.2. The Morgan fingerprint density at radius 1 is 1.12 bits per heavy atom. The van der Waals surface area contributed by atoms with E-state index in [-0.39, 0.29) is 11.9 Å². The van der Waals surface area contributed by atoms with Crippen LogP contribution >= 0.6 is 0 Å². The van der Waals surface area contributed by atoms with E-state index in [0.29, 0.717) is 18.9 Å². The second-order valence-corrected chi connectivity index (χ2v) is 6.20. The van der Waals surface area contributed by atoms with E-state index in [0.717, 1.165) is 11.3 Å². The van der Waals surface area contributed by atoms with Crippen LogP contribution in [0.2, 0.25) is 0 Å². The molecule has 0 saturated heterocycles. The van der Waals surface area contributed by atoms with Gasteiger partial charge in [-0.3, -0.25) is 4.79 Å². The van der Waals surface area contributed by atoms with E-state index in [1.165, 1.54) is 5.56 Å². The summed E-state index contributed by atoms with van der Waals surface area (Å²) in [6.07, 6.45) is 0.384. The van der Waals surface area contributed by atoms with E-state index in [1.54, 1.807) is 0 Å². The monoisotopic (exact) mass is 322 g/mol. The maximum Gasteiger partial charge on any atom is 0.279 e. The Bertz CT molecular complexity index is 687. The van der Waals surface area contributed by atoms with Crippen LogP contribution < -0.4 is 10.6 Å². The Hall–Kier alpha value is -2.64. The molecule has 0 bridgehead atoms. The van der Waals surface area contributed by atoms with Crippen molar-refractivity contribution in [3.05, 3.63) is 65.7 Å². The minimum atomic E-state index is -0.0235. The van der Waals surface area contributed by atoms with Crippen LogP contribution in [-0.4, -0.2) is 12.5 Å². The van der Waals surface area contributed by atoms with Crippen LogP contribution in [-0.2, 0) is 11.2 Å². The lowest BCUT2D eigenvalue weighted by atomic mass is 9.96. The summed E-state index contributed by atoms with van der Waals surface area (Å²) in [5, 5.41) is 13.7. The van der Waals surface area contributed by atoms with Crippen molar-refractivity contribution in [3.63, 3.8) is 0 Å². The molecule has 0 aliphatic heterocycles. The number of carbonyl (C=O) groups is 1. The summed E-state index contributed by atoms with van der Waals surface area (Å²) in [6, 6.07) is 20.0. The van der Waals surface area contributed by atoms with Gasteiger partial charge in [-0.1, -0.05) is 56.3 Å². The van der Waals surface area contributed by atoms with E-state index >= 15 is 0 Å². The molecule has 0 saturated carbocycles. The summed E-state index contributed by atoms with van der Waals surface area (Å²) in [6.45, 7) is 4.71. The summed E-state index contributed by atoms with van der Waals surface area (Å²) < 4.78 is 0. The third kappa shape index (κ3) is 5.22. The number of nitrogens with zero attached hydrogens (tertiary/aromatic N) is 1. The fourth-order valence-corrected chi connectivity index (χ4v) is 2.71. The highest BCUT2D eigenvalue weighted by atomic mass is 16.1. The van der Waals surface area contributed by atoms with Gasteiger partial charge in [0.1, 0.15) is 6.04 Å². The van der Waals surface area contributed by atoms with Crippen molar-refractivity contribution in [2.75, 3.05) is 11.9 Å². The summed E-state index contributed by atoms with van der Waals surface area (Å²) in [5.41, 5.74) is 2.95. The first kappa shape index (κ1) is 17.7. The predicted octanol–water partition coefficient (Wildman–Crippen LogP) is 2.65. The first-order chi connectivity index (χ1) is 11.6. The number of nitriles is 1. The normalized spacial score (nSPS) is 11.8. The summed E-state index contributed by atoms with van der Waals surface area (Å²) in [7, 11) is 0. The zero-order valence-corrected chi connectivity index (χ0v) is 14.2. The Kier molecular flexibility index (Phi) is 6.53. The molecule has 4 heteroatoms. The van der Waals surface area contributed by atoms with Gasteiger partial charge in [-0.25, -0.2) is 0 Å². The van der Waals surface area contributed by atoms with Gasteiger partial charge in [0.05, 0.1) is 12.5 Å². The molecule has 2 aromatic carbocycles. The predicted molar refractivity (Wildman–Crippen MR) is 95.2 cm³/mol. The maximum absolute atomic E-state index is 12.2. The van der Waals surface area contributed by atoms with Gasteiger partial charge < -0.3 is 10.6 Å². The van der Waals surface area contributed by atoms with Crippen molar-refractivity contribution in [3.8, 4) is 6.07 Å². The Morgan fingerprint density at radius 2 is 1.79 bits per heavy atom. The fraction of sp³-hybridized carbons (Fsp3) is 0.300. The minimum Gasteiger partial charge on any atom is -0.332 e. The second kappa shape index (κ2) is 8.85. The van der Waals surface area contributed by atoms with Crippen molar-refractivity contribution in [1.82, 2.24) is 0 Å². The number of hydrogen-bond acceptors (Lipinski definition) is 2. The Labute approximate surface area is 143 Å². The van der Waals surface area contributed by atoms with E-state index in [9.17, 15) is 4.79 Å². The lowest BCUT2D eigenvalue weighted by Gasteiger charge is -2.19. The van der Waals surface area contributed by atoms with Crippen LogP contribution in [0.3, 0.4) is 0 Å². The average molecular weight is 322 g/mol. The molecule has 24 heavy (non-hydrogen) atoms. The molecule has 0 aliphatic carbocycles. The van der Waals surface area contributed by atoms with E-state index in [4.69, 9.17) is 5.26 Å². The van der Waals surface area contributed by atoms with Crippen molar-refractivity contribution in [1.29, 1.82) is 5.26 Å². The number of anilines is 1. The molecule has 1 amide bonds. The highest BCUT2D eigenvalue weighted by Crippen LogP contribution is 2.16. The molecule has 0 fully saturated rings. The number of carbonyl (C=O) groups excluding carboxylic acids is 1. The molecular weight excluding hydrogens is 298 g/mol. The number of benzene rings is 2. The quantitative estimate of drug-likeness (QED) is 0.823. The van der Waals surface area contributed by atoms with Gasteiger partial charge in [0.15, 0.2) is 6.54 Å². The van der Waals surface area contributed by atoms with Crippen LogP contribution in [0.5, 0.6) is 0 Å². The number of amides is 1. The molecule has 0 radical (unpaired) electrons. The van der Waals surface area contributed by atoms with Crippen molar-refractivity contribution in [2.45, 2.75) is 26.3 Å². The first-order valence-corrected chi connectivity index (χ1v) is 8.24. The van der Waals surface area contributed by atoms with E-state index in [1.807, 2.05) is 42.5 Å². The SMILES string of the molecule is CC(C)[C@H]([NH2+]CC(=O)Nc1ccc(CC#N)cc1)c1ccccc1. The molecule has 2 aromatic rings. The lowest BCUT2D eigenvalue weighted by molar-refractivity contribution is -0.692. The average Bonchev–Trinajstić information content (AvgIpc) is 2.58. The summed E-state index contributed by atoms with van der Waals surface area (Å²) >= 11 is 0.